The van der Waals surface area contributed by atoms with Crippen molar-refractivity contribution in [2.45, 2.75) is 17.7 Å². The average molecular weight is 270 g/mol. The molecule has 0 atom stereocenters. The highest BCUT2D eigenvalue weighted by Gasteiger charge is 2.27. The molecule has 1 aromatic carbocycles. The van der Waals surface area contributed by atoms with Gasteiger partial charge in [-0.25, -0.2) is 13.4 Å². The van der Waals surface area contributed by atoms with Gasteiger partial charge in [-0.2, -0.15) is 12.6 Å². The molecular formula is C11H14N2O2S2. The maximum Gasteiger partial charge on any atom is 0.267 e. The summed E-state index contributed by atoms with van der Waals surface area (Å²) < 4.78 is 25.7. The highest BCUT2D eigenvalue weighted by Crippen LogP contribution is 2.29. The molecule has 6 heteroatoms. The summed E-state index contributed by atoms with van der Waals surface area (Å²) in [7, 11) is -3.40. The number of nitrogens with zero attached hydrogens (tertiary/aromatic N) is 2. The summed E-state index contributed by atoms with van der Waals surface area (Å²) in [5, 5.41) is 0. The van der Waals surface area contributed by atoms with Crippen molar-refractivity contribution < 1.29 is 8.42 Å². The van der Waals surface area contributed by atoms with Gasteiger partial charge in [0.25, 0.3) is 10.0 Å². The zero-order valence-electron chi connectivity index (χ0n) is 9.28. The number of para-hydroxylation sites is 1. The topological polar surface area (TPSA) is 49.7 Å². The molecule has 0 spiro atoms. The van der Waals surface area contributed by atoms with Crippen molar-refractivity contribution in [3.05, 3.63) is 24.3 Å². The minimum atomic E-state index is -3.40. The van der Waals surface area contributed by atoms with Crippen LogP contribution in [0.25, 0.3) is 0 Å². The lowest BCUT2D eigenvalue weighted by molar-refractivity contribution is 0.514. The molecule has 17 heavy (non-hydrogen) atoms. The largest absolute Gasteiger partial charge is 0.267 e. The Morgan fingerprint density at radius 3 is 2.76 bits per heavy atom. The van der Waals surface area contributed by atoms with Crippen molar-refractivity contribution >= 4 is 34.7 Å². The summed E-state index contributed by atoms with van der Waals surface area (Å²) in [5.41, 5.74) is 0.512. The fourth-order valence-electron chi connectivity index (χ4n) is 1.65. The number of fused-ring (bicyclic) bond motifs is 1. The minimum Gasteiger partial charge on any atom is -0.256 e. The summed E-state index contributed by atoms with van der Waals surface area (Å²) in [6, 6.07) is 6.78. The van der Waals surface area contributed by atoms with Gasteiger partial charge in [-0.1, -0.05) is 12.1 Å². The normalized spacial score (nSPS) is 16.9. The number of aliphatic imine (C=N–C) groups is 1. The molecule has 0 amide bonds. The Balaban J connectivity index is 2.25. The molecule has 0 N–H and O–H groups in total. The molecule has 1 aliphatic heterocycles. The second-order valence-corrected chi connectivity index (χ2v) is 6.06. The van der Waals surface area contributed by atoms with Gasteiger partial charge in [0.1, 0.15) is 11.2 Å². The van der Waals surface area contributed by atoms with E-state index in [9.17, 15) is 8.42 Å². The fourth-order valence-corrected chi connectivity index (χ4v) is 3.31. The van der Waals surface area contributed by atoms with Gasteiger partial charge >= 0.3 is 0 Å². The molecule has 0 radical (unpaired) electrons. The highest BCUT2D eigenvalue weighted by atomic mass is 32.2. The van der Waals surface area contributed by atoms with E-state index in [4.69, 9.17) is 0 Å². The third-order valence-electron chi connectivity index (χ3n) is 2.56. The van der Waals surface area contributed by atoms with E-state index >= 15 is 0 Å². The molecule has 1 heterocycles. The predicted molar refractivity (Wildman–Crippen MR) is 71.6 cm³/mol. The van der Waals surface area contributed by atoms with Crippen LogP contribution in [-0.4, -0.2) is 31.4 Å². The first-order valence-electron chi connectivity index (χ1n) is 5.42. The van der Waals surface area contributed by atoms with Gasteiger partial charge in [-0.15, -0.1) is 0 Å². The van der Waals surface area contributed by atoms with Crippen LogP contribution in [0, 0.1) is 0 Å². The lowest BCUT2D eigenvalue weighted by Crippen LogP contribution is -2.32. The van der Waals surface area contributed by atoms with E-state index in [1.165, 1.54) is 10.6 Å². The smallest absolute Gasteiger partial charge is 0.256 e. The van der Waals surface area contributed by atoms with Crippen molar-refractivity contribution in [2.75, 3.05) is 12.3 Å². The fraction of sp³-hybridized carbons (Fsp3) is 0.364. The first-order valence-corrected chi connectivity index (χ1v) is 7.49. The summed E-state index contributed by atoms with van der Waals surface area (Å²) in [6.07, 6.45) is 3.08. The van der Waals surface area contributed by atoms with Crippen molar-refractivity contribution in [3.8, 4) is 0 Å². The van der Waals surface area contributed by atoms with Gasteiger partial charge in [0.2, 0.25) is 0 Å². The van der Waals surface area contributed by atoms with Gasteiger partial charge in [-0.05, 0) is 30.7 Å². The number of hydrogen-bond acceptors (Lipinski definition) is 4. The Morgan fingerprint density at radius 1 is 1.24 bits per heavy atom. The average Bonchev–Trinajstić information content (AvgIpc) is 2.32. The third-order valence-corrected chi connectivity index (χ3v) is 4.68. The van der Waals surface area contributed by atoms with Gasteiger partial charge < -0.3 is 0 Å². The predicted octanol–water partition coefficient (Wildman–Crippen LogP) is 2.06. The van der Waals surface area contributed by atoms with Crippen LogP contribution in [0.2, 0.25) is 0 Å². The Kier molecular flexibility index (Phi) is 3.73. The SMILES string of the molecule is O=S1(=O)c2ccccc2N=CN1CCCCS. The molecule has 0 unspecified atom stereocenters. The molecule has 2 rings (SSSR count). The molecule has 0 saturated carbocycles. The molecule has 0 saturated heterocycles. The third kappa shape index (κ3) is 2.47. The van der Waals surface area contributed by atoms with E-state index in [-0.39, 0.29) is 4.90 Å². The molecule has 4 nitrogen and oxygen atoms in total. The number of sulfonamides is 1. The maximum absolute atomic E-state index is 12.2. The first kappa shape index (κ1) is 12.4. The number of thiol groups is 1. The second kappa shape index (κ2) is 5.10. The minimum absolute atomic E-state index is 0.286. The second-order valence-electron chi connectivity index (χ2n) is 3.76. The van der Waals surface area contributed by atoms with Crippen LogP contribution in [0.15, 0.2) is 34.2 Å². The Morgan fingerprint density at radius 2 is 2.00 bits per heavy atom. The molecule has 0 fully saturated rings. The van der Waals surface area contributed by atoms with E-state index < -0.39 is 10.0 Å². The van der Waals surface area contributed by atoms with E-state index in [1.54, 1.807) is 24.3 Å². The zero-order chi connectivity index (χ0) is 12.3. The number of hydrogen-bond donors (Lipinski definition) is 1. The van der Waals surface area contributed by atoms with Crippen LogP contribution in [0.3, 0.4) is 0 Å². The quantitative estimate of drug-likeness (QED) is 0.672. The van der Waals surface area contributed by atoms with Crippen LogP contribution in [0.5, 0.6) is 0 Å². The zero-order valence-corrected chi connectivity index (χ0v) is 11.0. The van der Waals surface area contributed by atoms with E-state index in [1.807, 2.05) is 0 Å². The van der Waals surface area contributed by atoms with E-state index in [2.05, 4.69) is 17.6 Å². The molecule has 0 aliphatic carbocycles. The number of unbranched alkanes of at least 4 members (excludes halogenated alkanes) is 1. The molecule has 0 aromatic heterocycles. The van der Waals surface area contributed by atoms with Crippen LogP contribution in [-0.2, 0) is 10.0 Å². The first-order chi connectivity index (χ1) is 8.16. The lowest BCUT2D eigenvalue weighted by Gasteiger charge is -2.23. The summed E-state index contributed by atoms with van der Waals surface area (Å²) in [6.45, 7) is 0.459. The summed E-state index contributed by atoms with van der Waals surface area (Å²) in [4.78, 5) is 4.44. The number of rotatable bonds is 4. The standard InChI is InChI=1S/C11H14N2O2S2/c14-17(15)11-6-2-1-5-10(11)12-9-13(17)7-3-4-8-16/h1-2,5-6,9,16H,3-4,7-8H2. The van der Waals surface area contributed by atoms with E-state index in [0.29, 0.717) is 12.2 Å². The number of benzene rings is 1. The molecule has 92 valence electrons. The van der Waals surface area contributed by atoms with Crippen molar-refractivity contribution in [2.24, 2.45) is 4.99 Å². The molecule has 1 aliphatic rings. The lowest BCUT2D eigenvalue weighted by atomic mass is 10.3. The van der Waals surface area contributed by atoms with Gasteiger partial charge in [0.15, 0.2) is 0 Å². The van der Waals surface area contributed by atoms with Crippen molar-refractivity contribution in [1.82, 2.24) is 4.31 Å². The Hall–Kier alpha value is -1.01. The van der Waals surface area contributed by atoms with Crippen LogP contribution in [0.4, 0.5) is 5.69 Å². The molecule has 0 bridgehead atoms. The highest BCUT2D eigenvalue weighted by molar-refractivity contribution is 7.89. The van der Waals surface area contributed by atoms with Gasteiger partial charge in [-0.3, -0.25) is 4.31 Å². The van der Waals surface area contributed by atoms with Crippen LogP contribution in [0.1, 0.15) is 12.8 Å². The maximum atomic E-state index is 12.2. The Labute approximate surface area is 107 Å². The molecular weight excluding hydrogens is 256 g/mol. The van der Waals surface area contributed by atoms with Crippen molar-refractivity contribution in [3.63, 3.8) is 0 Å². The summed E-state index contributed by atoms with van der Waals surface area (Å²) >= 11 is 4.11. The monoisotopic (exact) mass is 270 g/mol. The Bertz CT molecular complexity index is 526. The molecule has 1 aromatic rings. The van der Waals surface area contributed by atoms with Crippen molar-refractivity contribution in [1.29, 1.82) is 0 Å². The van der Waals surface area contributed by atoms with Crippen LogP contribution < -0.4 is 0 Å². The van der Waals surface area contributed by atoms with E-state index in [0.717, 1.165) is 18.6 Å². The summed E-state index contributed by atoms with van der Waals surface area (Å²) in [5.74, 6) is 0.765. The van der Waals surface area contributed by atoms with Gasteiger partial charge in [0, 0.05) is 6.54 Å². The van der Waals surface area contributed by atoms with Crippen LogP contribution >= 0.6 is 12.6 Å². The van der Waals surface area contributed by atoms with Gasteiger partial charge in [0.05, 0.1) is 5.69 Å².